The zero-order chi connectivity index (χ0) is 11.7. The minimum absolute atomic E-state index is 0.124. The Hall–Kier alpha value is -1.94. The maximum absolute atomic E-state index is 13.5. The van der Waals surface area contributed by atoms with Crippen LogP contribution in [-0.2, 0) is 13.1 Å². The van der Waals surface area contributed by atoms with Gasteiger partial charge in [-0.1, -0.05) is 12.1 Å². The van der Waals surface area contributed by atoms with Crippen molar-refractivity contribution in [2.75, 3.05) is 5.43 Å². The first kappa shape index (κ1) is 10.2. The second kappa shape index (κ2) is 4.14. The predicted molar refractivity (Wildman–Crippen MR) is 63.5 cm³/mol. The predicted octanol–water partition coefficient (Wildman–Crippen LogP) is 2.56. The highest BCUT2D eigenvalue weighted by Crippen LogP contribution is 2.25. The largest absolute Gasteiger partial charge is 0.318 e. The standard InChI is InChI=1S/C13H12FN3/c14-13-3-1-2-10-8-17(9-12(10)13)16-11-4-6-15-7-5-11/h1-7H,8-9H2,(H,15,16). The van der Waals surface area contributed by atoms with Crippen LogP contribution in [0.15, 0.2) is 42.7 Å². The fourth-order valence-electron chi connectivity index (χ4n) is 2.07. The van der Waals surface area contributed by atoms with E-state index in [1.165, 1.54) is 6.07 Å². The molecule has 0 radical (unpaired) electrons. The average molecular weight is 229 g/mol. The summed E-state index contributed by atoms with van der Waals surface area (Å²) in [4.78, 5) is 3.96. The van der Waals surface area contributed by atoms with Gasteiger partial charge in [-0.2, -0.15) is 0 Å². The third kappa shape index (κ3) is 1.99. The van der Waals surface area contributed by atoms with Crippen LogP contribution in [0, 0.1) is 5.82 Å². The first-order valence-electron chi connectivity index (χ1n) is 5.51. The van der Waals surface area contributed by atoms with Gasteiger partial charge >= 0.3 is 0 Å². The molecule has 3 nitrogen and oxygen atoms in total. The average Bonchev–Trinajstić information content (AvgIpc) is 2.74. The molecule has 86 valence electrons. The number of hydrazine groups is 1. The number of nitrogens with one attached hydrogen (secondary N) is 1. The molecule has 1 aromatic carbocycles. The molecule has 1 aliphatic rings. The van der Waals surface area contributed by atoms with Crippen LogP contribution >= 0.6 is 0 Å². The van der Waals surface area contributed by atoms with Crippen molar-refractivity contribution in [3.05, 3.63) is 59.7 Å². The summed E-state index contributed by atoms with van der Waals surface area (Å²) in [5, 5.41) is 1.99. The van der Waals surface area contributed by atoms with Gasteiger partial charge in [0.2, 0.25) is 0 Å². The van der Waals surface area contributed by atoms with Crippen LogP contribution in [-0.4, -0.2) is 9.99 Å². The molecular weight excluding hydrogens is 217 g/mol. The topological polar surface area (TPSA) is 28.2 Å². The third-order valence-electron chi connectivity index (χ3n) is 2.89. The lowest BCUT2D eigenvalue weighted by atomic mass is 10.1. The summed E-state index contributed by atoms with van der Waals surface area (Å²) in [6, 6.07) is 9.00. The van der Waals surface area contributed by atoms with Crippen LogP contribution in [0.1, 0.15) is 11.1 Å². The van der Waals surface area contributed by atoms with Gasteiger partial charge in [-0.15, -0.1) is 0 Å². The smallest absolute Gasteiger partial charge is 0.128 e. The number of hydrogen-bond acceptors (Lipinski definition) is 3. The van der Waals surface area contributed by atoms with E-state index >= 15 is 0 Å². The fourth-order valence-corrected chi connectivity index (χ4v) is 2.07. The lowest BCUT2D eigenvalue weighted by Crippen LogP contribution is -2.23. The molecule has 0 atom stereocenters. The second-order valence-corrected chi connectivity index (χ2v) is 4.08. The van der Waals surface area contributed by atoms with Gasteiger partial charge in [0.05, 0.1) is 5.69 Å². The highest BCUT2D eigenvalue weighted by molar-refractivity contribution is 5.41. The summed E-state index contributed by atoms with van der Waals surface area (Å²) in [6.07, 6.45) is 3.46. The number of benzene rings is 1. The Bertz CT molecular complexity index is 527. The van der Waals surface area contributed by atoms with Gasteiger partial charge in [0.15, 0.2) is 0 Å². The van der Waals surface area contributed by atoms with Crippen LogP contribution in [0.2, 0.25) is 0 Å². The number of rotatable bonds is 2. The minimum Gasteiger partial charge on any atom is -0.318 e. The Labute approximate surface area is 98.9 Å². The normalized spacial score (nSPS) is 14.6. The van der Waals surface area contributed by atoms with Gasteiger partial charge in [0, 0.05) is 31.0 Å². The number of anilines is 1. The van der Waals surface area contributed by atoms with Crippen molar-refractivity contribution in [1.82, 2.24) is 9.99 Å². The molecule has 0 fully saturated rings. The van der Waals surface area contributed by atoms with E-state index in [1.54, 1.807) is 18.5 Å². The van der Waals surface area contributed by atoms with Crippen molar-refractivity contribution in [3.8, 4) is 0 Å². The molecule has 4 heteroatoms. The highest BCUT2D eigenvalue weighted by atomic mass is 19.1. The Morgan fingerprint density at radius 3 is 2.71 bits per heavy atom. The minimum atomic E-state index is -0.124. The van der Waals surface area contributed by atoms with E-state index in [4.69, 9.17) is 0 Å². The molecule has 0 saturated carbocycles. The van der Waals surface area contributed by atoms with Gasteiger partial charge in [-0.3, -0.25) is 4.98 Å². The SMILES string of the molecule is Fc1cccc2c1CN(Nc1ccncc1)C2. The van der Waals surface area contributed by atoms with Gasteiger partial charge in [-0.25, -0.2) is 9.40 Å². The molecule has 1 aromatic heterocycles. The fraction of sp³-hybridized carbons (Fsp3) is 0.154. The van der Waals surface area contributed by atoms with Gasteiger partial charge in [0.1, 0.15) is 5.82 Å². The molecule has 0 amide bonds. The molecule has 0 saturated heterocycles. The molecule has 2 heterocycles. The van der Waals surface area contributed by atoms with Gasteiger partial charge < -0.3 is 5.43 Å². The van der Waals surface area contributed by atoms with Crippen LogP contribution in [0.4, 0.5) is 10.1 Å². The maximum Gasteiger partial charge on any atom is 0.128 e. The molecule has 0 bridgehead atoms. The van der Waals surface area contributed by atoms with Crippen molar-refractivity contribution in [1.29, 1.82) is 0 Å². The number of fused-ring (bicyclic) bond motifs is 1. The van der Waals surface area contributed by atoms with Crippen LogP contribution in [0.25, 0.3) is 0 Å². The van der Waals surface area contributed by atoms with Crippen molar-refractivity contribution >= 4 is 5.69 Å². The molecule has 0 aliphatic carbocycles. The summed E-state index contributed by atoms with van der Waals surface area (Å²) >= 11 is 0. The Morgan fingerprint density at radius 2 is 1.94 bits per heavy atom. The number of hydrogen-bond donors (Lipinski definition) is 1. The van der Waals surface area contributed by atoms with Crippen molar-refractivity contribution in [3.63, 3.8) is 0 Å². The van der Waals surface area contributed by atoms with E-state index in [9.17, 15) is 4.39 Å². The Kier molecular flexibility index (Phi) is 2.49. The molecule has 0 unspecified atom stereocenters. The summed E-state index contributed by atoms with van der Waals surface area (Å²) in [6.45, 7) is 1.31. The zero-order valence-electron chi connectivity index (χ0n) is 9.23. The van der Waals surface area contributed by atoms with Crippen LogP contribution < -0.4 is 5.43 Å². The number of pyridine rings is 1. The summed E-state index contributed by atoms with van der Waals surface area (Å²) < 4.78 is 13.5. The molecule has 3 rings (SSSR count). The molecule has 1 aliphatic heterocycles. The first-order valence-corrected chi connectivity index (χ1v) is 5.51. The van der Waals surface area contributed by atoms with Crippen molar-refractivity contribution < 1.29 is 4.39 Å². The van der Waals surface area contributed by atoms with Crippen molar-refractivity contribution in [2.45, 2.75) is 13.1 Å². The van der Waals surface area contributed by atoms with Crippen LogP contribution in [0.5, 0.6) is 0 Å². The van der Waals surface area contributed by atoms with Crippen molar-refractivity contribution in [2.24, 2.45) is 0 Å². The quantitative estimate of drug-likeness (QED) is 0.857. The molecule has 0 spiro atoms. The number of halogens is 1. The number of nitrogens with zero attached hydrogens (tertiary/aromatic N) is 2. The molecule has 1 N–H and O–H groups in total. The molecule has 17 heavy (non-hydrogen) atoms. The maximum atomic E-state index is 13.5. The van der Waals surface area contributed by atoms with E-state index in [1.807, 2.05) is 23.2 Å². The van der Waals surface area contributed by atoms with Crippen LogP contribution in [0.3, 0.4) is 0 Å². The Morgan fingerprint density at radius 1 is 1.12 bits per heavy atom. The van der Waals surface area contributed by atoms with E-state index in [-0.39, 0.29) is 5.82 Å². The second-order valence-electron chi connectivity index (χ2n) is 4.08. The van der Waals surface area contributed by atoms with E-state index < -0.39 is 0 Å². The van der Waals surface area contributed by atoms with E-state index in [0.29, 0.717) is 6.54 Å². The Balaban J connectivity index is 1.77. The first-order chi connectivity index (χ1) is 8.33. The summed E-state index contributed by atoms with van der Waals surface area (Å²) in [5.74, 6) is -0.124. The lowest BCUT2D eigenvalue weighted by Gasteiger charge is -2.17. The summed E-state index contributed by atoms with van der Waals surface area (Å²) in [5.41, 5.74) is 6.04. The molecular formula is C13H12FN3. The third-order valence-corrected chi connectivity index (χ3v) is 2.89. The van der Waals surface area contributed by atoms with E-state index in [2.05, 4.69) is 10.4 Å². The number of aromatic nitrogens is 1. The zero-order valence-corrected chi connectivity index (χ0v) is 9.23. The summed E-state index contributed by atoms with van der Waals surface area (Å²) in [7, 11) is 0. The van der Waals surface area contributed by atoms with Gasteiger partial charge in [0.25, 0.3) is 0 Å². The molecule has 2 aromatic rings. The lowest BCUT2D eigenvalue weighted by molar-refractivity contribution is 0.344. The van der Waals surface area contributed by atoms with Gasteiger partial charge in [-0.05, 0) is 23.8 Å². The highest BCUT2D eigenvalue weighted by Gasteiger charge is 2.21. The monoisotopic (exact) mass is 229 g/mol. The van der Waals surface area contributed by atoms with E-state index in [0.717, 1.165) is 23.4 Å².